The number of imidazole rings is 1. The summed E-state index contributed by atoms with van der Waals surface area (Å²) in [4.78, 5) is 7.87. The maximum absolute atomic E-state index is 14.3. The molecular formula is C19H16ClFN2O. The first-order valence-corrected chi connectivity index (χ1v) is 8.09. The number of hydrogen-bond acceptors (Lipinski definition) is 2. The Kier molecular flexibility index (Phi) is 3.22. The SMILES string of the molecule is Cc1ccc2c(c1)OC(C)(C)c1[nH]c(-c3c(F)cccc3Cl)nc1-2. The molecule has 5 heteroatoms. The zero-order valence-corrected chi connectivity index (χ0v) is 14.3. The summed E-state index contributed by atoms with van der Waals surface area (Å²) in [5.74, 6) is 0.787. The van der Waals surface area contributed by atoms with Crippen LogP contribution in [0, 0.1) is 12.7 Å². The molecule has 0 aliphatic carbocycles. The number of nitrogens with one attached hydrogen (secondary N) is 1. The molecule has 0 amide bonds. The van der Waals surface area contributed by atoms with Crippen molar-refractivity contribution in [2.45, 2.75) is 26.4 Å². The summed E-state index contributed by atoms with van der Waals surface area (Å²) in [5.41, 5.74) is 3.27. The Morgan fingerprint density at radius 1 is 1.21 bits per heavy atom. The van der Waals surface area contributed by atoms with Gasteiger partial charge in [0, 0.05) is 5.56 Å². The van der Waals surface area contributed by atoms with E-state index in [-0.39, 0.29) is 5.56 Å². The lowest BCUT2D eigenvalue weighted by Crippen LogP contribution is -2.29. The second kappa shape index (κ2) is 5.08. The minimum absolute atomic E-state index is 0.276. The number of hydrogen-bond donors (Lipinski definition) is 1. The third-order valence-electron chi connectivity index (χ3n) is 4.26. The maximum atomic E-state index is 14.3. The van der Waals surface area contributed by atoms with Crippen molar-refractivity contribution < 1.29 is 9.13 Å². The Hall–Kier alpha value is -2.33. The first kappa shape index (κ1) is 15.2. The van der Waals surface area contributed by atoms with Crippen LogP contribution in [0.1, 0.15) is 25.1 Å². The normalized spacial score (nSPS) is 14.7. The number of aryl methyl sites for hydroxylation is 1. The fraction of sp³-hybridized carbons (Fsp3) is 0.211. The van der Waals surface area contributed by atoms with Crippen molar-refractivity contribution in [2.75, 3.05) is 0 Å². The van der Waals surface area contributed by atoms with Gasteiger partial charge in [-0.25, -0.2) is 9.37 Å². The molecule has 1 aliphatic heterocycles. The van der Waals surface area contributed by atoms with E-state index < -0.39 is 11.4 Å². The van der Waals surface area contributed by atoms with Crippen molar-refractivity contribution in [2.24, 2.45) is 0 Å². The zero-order chi connectivity index (χ0) is 17.1. The average Bonchev–Trinajstić information content (AvgIpc) is 2.92. The number of benzene rings is 2. The number of H-pyrrole nitrogens is 1. The fourth-order valence-corrected chi connectivity index (χ4v) is 3.33. The number of halogens is 2. The monoisotopic (exact) mass is 342 g/mol. The van der Waals surface area contributed by atoms with Crippen LogP contribution in [0.15, 0.2) is 36.4 Å². The molecule has 0 fully saturated rings. The second-order valence-corrected chi connectivity index (χ2v) is 6.92. The van der Waals surface area contributed by atoms with E-state index in [0.29, 0.717) is 10.8 Å². The van der Waals surface area contributed by atoms with Crippen molar-refractivity contribution in [3.05, 3.63) is 58.5 Å². The average molecular weight is 343 g/mol. The van der Waals surface area contributed by atoms with Crippen LogP contribution in [0.2, 0.25) is 5.02 Å². The maximum Gasteiger partial charge on any atom is 0.145 e. The van der Waals surface area contributed by atoms with Crippen LogP contribution in [-0.4, -0.2) is 9.97 Å². The van der Waals surface area contributed by atoms with E-state index in [9.17, 15) is 4.39 Å². The molecule has 2 aromatic carbocycles. The van der Waals surface area contributed by atoms with Gasteiger partial charge in [0.15, 0.2) is 0 Å². The minimum Gasteiger partial charge on any atom is -0.481 e. The van der Waals surface area contributed by atoms with E-state index in [1.54, 1.807) is 12.1 Å². The molecule has 0 saturated carbocycles. The number of aromatic amines is 1. The van der Waals surface area contributed by atoms with Crippen molar-refractivity contribution in [1.82, 2.24) is 9.97 Å². The summed E-state index contributed by atoms with van der Waals surface area (Å²) in [6.45, 7) is 5.94. The first-order chi connectivity index (χ1) is 11.4. The number of fused-ring (bicyclic) bond motifs is 3. The van der Waals surface area contributed by atoms with E-state index >= 15 is 0 Å². The van der Waals surface area contributed by atoms with Crippen LogP contribution in [0.4, 0.5) is 4.39 Å². The molecular weight excluding hydrogens is 327 g/mol. The molecule has 24 heavy (non-hydrogen) atoms. The van der Waals surface area contributed by atoms with Crippen LogP contribution >= 0.6 is 11.6 Å². The van der Waals surface area contributed by atoms with E-state index in [2.05, 4.69) is 9.97 Å². The molecule has 0 bridgehead atoms. The Labute approximate surface area is 144 Å². The molecule has 0 radical (unpaired) electrons. The predicted molar refractivity (Wildman–Crippen MR) is 92.8 cm³/mol. The van der Waals surface area contributed by atoms with E-state index in [1.807, 2.05) is 39.0 Å². The molecule has 4 rings (SSSR count). The molecule has 0 saturated heterocycles. The summed E-state index contributed by atoms with van der Waals surface area (Å²) in [5, 5.41) is 0.323. The van der Waals surface area contributed by atoms with Gasteiger partial charge < -0.3 is 9.72 Å². The van der Waals surface area contributed by atoms with Gasteiger partial charge in [-0.2, -0.15) is 0 Å². The van der Waals surface area contributed by atoms with Gasteiger partial charge in [0.1, 0.15) is 23.0 Å². The molecule has 122 valence electrons. The number of nitrogens with zero attached hydrogens (tertiary/aromatic N) is 1. The highest BCUT2D eigenvalue weighted by molar-refractivity contribution is 6.33. The molecule has 0 unspecified atom stereocenters. The Morgan fingerprint density at radius 2 is 2.00 bits per heavy atom. The molecule has 0 spiro atoms. The number of aromatic nitrogens is 2. The van der Waals surface area contributed by atoms with Gasteiger partial charge in [0.05, 0.1) is 22.0 Å². The summed E-state index contributed by atoms with van der Waals surface area (Å²) in [6, 6.07) is 10.6. The third kappa shape index (κ3) is 2.21. The molecule has 2 heterocycles. The van der Waals surface area contributed by atoms with E-state index in [4.69, 9.17) is 16.3 Å². The number of rotatable bonds is 1. The van der Waals surface area contributed by atoms with Crippen molar-refractivity contribution >= 4 is 11.6 Å². The zero-order valence-electron chi connectivity index (χ0n) is 13.6. The standard InChI is InChI=1S/C19H16ClFN2O/c1-10-7-8-11-14(9-10)24-19(2,3)17-16(11)22-18(23-17)15-12(20)5-4-6-13(15)21/h4-9H,1-3H3,(H,22,23). The minimum atomic E-state index is -0.598. The fourth-order valence-electron chi connectivity index (χ4n) is 3.08. The van der Waals surface area contributed by atoms with Crippen LogP contribution < -0.4 is 4.74 Å². The predicted octanol–water partition coefficient (Wildman–Crippen LogP) is 5.47. The lowest BCUT2D eigenvalue weighted by Gasteiger charge is -2.31. The van der Waals surface area contributed by atoms with E-state index in [0.717, 1.165) is 28.3 Å². The summed E-state index contributed by atoms with van der Waals surface area (Å²) in [6.07, 6.45) is 0. The van der Waals surface area contributed by atoms with Gasteiger partial charge in [-0.15, -0.1) is 0 Å². The Balaban J connectivity index is 1.97. The van der Waals surface area contributed by atoms with Gasteiger partial charge in [-0.3, -0.25) is 0 Å². The first-order valence-electron chi connectivity index (χ1n) is 7.72. The van der Waals surface area contributed by atoms with Crippen LogP contribution in [0.5, 0.6) is 5.75 Å². The second-order valence-electron chi connectivity index (χ2n) is 6.52. The van der Waals surface area contributed by atoms with Crippen molar-refractivity contribution in [1.29, 1.82) is 0 Å². The molecule has 1 N–H and O–H groups in total. The quantitative estimate of drug-likeness (QED) is 0.636. The smallest absolute Gasteiger partial charge is 0.145 e. The third-order valence-corrected chi connectivity index (χ3v) is 4.58. The summed E-state index contributed by atoms with van der Waals surface area (Å²) in [7, 11) is 0. The van der Waals surface area contributed by atoms with E-state index in [1.165, 1.54) is 6.07 Å². The lowest BCUT2D eigenvalue weighted by molar-refractivity contribution is 0.101. The Bertz CT molecular complexity index is 942. The highest BCUT2D eigenvalue weighted by Crippen LogP contribution is 2.45. The van der Waals surface area contributed by atoms with Crippen LogP contribution in [0.3, 0.4) is 0 Å². The van der Waals surface area contributed by atoms with Gasteiger partial charge >= 0.3 is 0 Å². The van der Waals surface area contributed by atoms with Gasteiger partial charge in [0.2, 0.25) is 0 Å². The number of ether oxygens (including phenoxy) is 1. The Morgan fingerprint density at radius 3 is 2.75 bits per heavy atom. The molecule has 1 aromatic heterocycles. The molecule has 1 aliphatic rings. The molecule has 3 nitrogen and oxygen atoms in total. The summed E-state index contributed by atoms with van der Waals surface area (Å²) < 4.78 is 20.4. The lowest BCUT2D eigenvalue weighted by atomic mass is 9.94. The van der Waals surface area contributed by atoms with Crippen LogP contribution in [0.25, 0.3) is 22.6 Å². The summed E-state index contributed by atoms with van der Waals surface area (Å²) >= 11 is 6.19. The largest absolute Gasteiger partial charge is 0.481 e. The van der Waals surface area contributed by atoms with Crippen molar-refractivity contribution in [3.63, 3.8) is 0 Å². The highest BCUT2D eigenvalue weighted by atomic mass is 35.5. The molecule has 3 aromatic rings. The van der Waals surface area contributed by atoms with Gasteiger partial charge in [0.25, 0.3) is 0 Å². The highest BCUT2D eigenvalue weighted by Gasteiger charge is 2.36. The van der Waals surface area contributed by atoms with Crippen LogP contribution in [-0.2, 0) is 5.60 Å². The molecule has 0 atom stereocenters. The van der Waals surface area contributed by atoms with Gasteiger partial charge in [-0.1, -0.05) is 23.7 Å². The van der Waals surface area contributed by atoms with Crippen molar-refractivity contribution in [3.8, 4) is 28.4 Å². The topological polar surface area (TPSA) is 37.9 Å². The van der Waals surface area contributed by atoms with Gasteiger partial charge in [-0.05, 0) is 50.6 Å².